The number of hydrogen-bond donors (Lipinski definition) is 0. The topological polar surface area (TPSA) is 37.1 Å². The van der Waals surface area contributed by atoms with E-state index in [1.165, 1.54) is 0 Å². The standard InChI is InChI=1S/C2H4N3P3/c1-3-7-5-8-4-6-2/h1-2H2. The molecule has 0 aromatic rings. The van der Waals surface area contributed by atoms with E-state index in [2.05, 4.69) is 26.8 Å². The molecule has 8 heavy (non-hydrogen) atoms. The fraction of sp³-hybridized carbons (Fsp3) is 0. The maximum absolute atomic E-state index is 3.78. The highest BCUT2D eigenvalue weighted by Gasteiger charge is 1.59. The van der Waals surface area contributed by atoms with E-state index in [4.69, 9.17) is 0 Å². The van der Waals surface area contributed by atoms with Crippen LogP contribution in [-0.2, 0) is 0 Å². The average molecular weight is 163 g/mol. The molecule has 0 radical (unpaired) electrons. The van der Waals surface area contributed by atoms with Crippen LogP contribution in [0.3, 0.4) is 0 Å². The Labute approximate surface area is 53.0 Å². The second kappa shape index (κ2) is 7.04. The lowest BCUT2D eigenvalue weighted by Gasteiger charge is -1.64. The molecule has 0 aliphatic rings. The van der Waals surface area contributed by atoms with Gasteiger partial charge in [0.1, 0.15) is 0 Å². The summed E-state index contributed by atoms with van der Waals surface area (Å²) in [5.41, 5.74) is 0. The predicted octanol–water partition coefficient (Wildman–Crippen LogP) is 3.07. The Kier molecular flexibility index (Phi) is 7.08. The maximum atomic E-state index is 3.78. The van der Waals surface area contributed by atoms with Crippen LogP contribution in [0.4, 0.5) is 0 Å². The van der Waals surface area contributed by atoms with Crippen LogP contribution in [0.15, 0.2) is 13.8 Å². The Morgan fingerprint density at radius 2 is 1.88 bits per heavy atom. The first-order valence-corrected chi connectivity index (χ1v) is 4.26. The molecule has 3 nitrogen and oxygen atoms in total. The van der Waals surface area contributed by atoms with Gasteiger partial charge in [-0.15, -0.1) is 0 Å². The van der Waals surface area contributed by atoms with Crippen molar-refractivity contribution in [1.29, 1.82) is 0 Å². The lowest BCUT2D eigenvalue weighted by atomic mass is 11.8. The molecule has 0 aromatic carbocycles. The predicted molar refractivity (Wildman–Crippen MR) is 42.3 cm³/mol. The van der Waals surface area contributed by atoms with Crippen LogP contribution in [0.5, 0.6) is 0 Å². The molecule has 0 saturated carbocycles. The first-order valence-electron chi connectivity index (χ1n) is 1.63. The van der Waals surface area contributed by atoms with Crippen molar-refractivity contribution in [2.45, 2.75) is 0 Å². The van der Waals surface area contributed by atoms with Crippen molar-refractivity contribution in [2.75, 3.05) is 0 Å². The molecule has 42 valence electrons. The molecule has 0 aliphatic carbocycles. The molecule has 0 bridgehead atoms. The fourth-order valence-corrected chi connectivity index (χ4v) is 1.15. The van der Waals surface area contributed by atoms with Gasteiger partial charge >= 0.3 is 0 Å². The van der Waals surface area contributed by atoms with Crippen LogP contribution in [-0.4, -0.2) is 13.0 Å². The van der Waals surface area contributed by atoms with E-state index in [1.54, 1.807) is 0 Å². The summed E-state index contributed by atoms with van der Waals surface area (Å²) in [7, 11) is 2.09. The monoisotopic (exact) mass is 163 g/mol. The molecule has 0 aliphatic heterocycles. The molecule has 0 rings (SSSR count). The SMILES string of the molecule is C=N/P=N\P=N/P=C. The summed E-state index contributed by atoms with van der Waals surface area (Å²) in [5.74, 6) is 0. The Morgan fingerprint density at radius 1 is 1.12 bits per heavy atom. The average Bonchev–Trinajstić information content (AvgIpc) is 1.81. The minimum atomic E-state index is 0.637. The highest BCUT2D eigenvalue weighted by molar-refractivity contribution is 7.46. The Morgan fingerprint density at radius 3 is 2.38 bits per heavy atom. The zero-order valence-corrected chi connectivity index (χ0v) is 6.78. The van der Waals surface area contributed by atoms with Crippen LogP contribution in [0, 0.1) is 0 Å². The summed E-state index contributed by atoms with van der Waals surface area (Å²) in [5, 5.41) is 0. The van der Waals surface area contributed by atoms with Crippen LogP contribution in [0.25, 0.3) is 0 Å². The number of hydrogen-bond acceptors (Lipinski definition) is 1. The maximum Gasteiger partial charge on any atom is 0.164 e. The summed E-state index contributed by atoms with van der Waals surface area (Å²) in [4.78, 5) is 0. The molecule has 0 aromatic heterocycles. The molecule has 0 unspecified atom stereocenters. The van der Waals surface area contributed by atoms with Crippen molar-refractivity contribution >= 4 is 38.4 Å². The van der Waals surface area contributed by atoms with Gasteiger partial charge in [0, 0.05) is 8.35 Å². The quantitative estimate of drug-likeness (QED) is 0.452. The van der Waals surface area contributed by atoms with Gasteiger partial charge in [-0.05, 0) is 6.72 Å². The Balaban J connectivity index is 3.41. The van der Waals surface area contributed by atoms with Gasteiger partial charge in [-0.25, -0.2) is 4.76 Å². The van der Waals surface area contributed by atoms with E-state index >= 15 is 0 Å². The first kappa shape index (κ1) is 8.04. The van der Waals surface area contributed by atoms with Crippen LogP contribution < -0.4 is 0 Å². The number of nitrogens with zero attached hydrogens (tertiary/aromatic N) is 3. The molecule has 0 heterocycles. The molecule has 0 N–H and O–H groups in total. The molecule has 0 saturated heterocycles. The van der Waals surface area contributed by atoms with Gasteiger partial charge in [-0.3, -0.25) is 0 Å². The molecule has 0 spiro atoms. The normalized spacial score (nSPS) is 11.5. The van der Waals surface area contributed by atoms with Crippen molar-refractivity contribution in [1.82, 2.24) is 0 Å². The summed E-state index contributed by atoms with van der Waals surface area (Å²) < 4.78 is 11.0. The van der Waals surface area contributed by atoms with Crippen molar-refractivity contribution in [3.8, 4) is 0 Å². The Bertz CT molecular complexity index is 112. The molecule has 0 atom stereocenters. The fourth-order valence-electron chi connectivity index (χ4n) is 0.0923. The van der Waals surface area contributed by atoms with Gasteiger partial charge in [-0.1, -0.05) is 6.30 Å². The number of rotatable bonds is 3. The van der Waals surface area contributed by atoms with Crippen molar-refractivity contribution in [3.63, 3.8) is 0 Å². The van der Waals surface area contributed by atoms with Crippen LogP contribution >= 0.6 is 25.4 Å². The van der Waals surface area contributed by atoms with Crippen molar-refractivity contribution in [3.05, 3.63) is 0 Å². The molecule has 0 fully saturated rings. The largest absolute Gasteiger partial charge is 0.224 e. The third kappa shape index (κ3) is 6.04. The lowest BCUT2D eigenvalue weighted by molar-refractivity contribution is 1.91. The summed E-state index contributed by atoms with van der Waals surface area (Å²) in [6, 6.07) is 0. The molecular formula is C2H4N3P3. The van der Waals surface area contributed by atoms with Gasteiger partial charge in [0.25, 0.3) is 0 Å². The third-order valence-electron chi connectivity index (χ3n) is 0.246. The lowest BCUT2D eigenvalue weighted by Crippen LogP contribution is -1.18. The Hall–Kier alpha value is 0.0400. The van der Waals surface area contributed by atoms with Crippen LogP contribution in [0.1, 0.15) is 0 Å². The van der Waals surface area contributed by atoms with Crippen molar-refractivity contribution < 1.29 is 0 Å². The second-order valence-electron chi connectivity index (χ2n) is 0.641. The second-order valence-corrected chi connectivity index (χ2v) is 3.00. The van der Waals surface area contributed by atoms with Gasteiger partial charge in [0.05, 0.1) is 0 Å². The smallest absolute Gasteiger partial charge is 0.164 e. The van der Waals surface area contributed by atoms with E-state index in [9.17, 15) is 0 Å². The van der Waals surface area contributed by atoms with E-state index in [-0.39, 0.29) is 0 Å². The van der Waals surface area contributed by atoms with E-state index < -0.39 is 0 Å². The van der Waals surface area contributed by atoms with Gasteiger partial charge in [0.2, 0.25) is 0 Å². The van der Waals surface area contributed by atoms with Gasteiger partial charge in [0.15, 0.2) is 17.0 Å². The zero-order valence-electron chi connectivity index (χ0n) is 4.10. The van der Waals surface area contributed by atoms with Gasteiger partial charge < -0.3 is 0 Å². The third-order valence-corrected chi connectivity index (χ3v) is 1.84. The van der Waals surface area contributed by atoms with Crippen molar-refractivity contribution in [2.24, 2.45) is 13.8 Å². The summed E-state index contributed by atoms with van der Waals surface area (Å²) in [6.45, 7) is 3.24. The van der Waals surface area contributed by atoms with E-state index in [0.717, 1.165) is 8.35 Å². The van der Waals surface area contributed by atoms with E-state index in [1.807, 2.05) is 0 Å². The minimum absolute atomic E-state index is 0.637. The molecule has 0 amide bonds. The molecule has 6 heteroatoms. The summed E-state index contributed by atoms with van der Waals surface area (Å²) in [6.07, 6.45) is 3.47. The minimum Gasteiger partial charge on any atom is -0.224 e. The van der Waals surface area contributed by atoms with Crippen LogP contribution in [0.2, 0.25) is 0 Å². The zero-order chi connectivity index (χ0) is 6.24. The van der Waals surface area contributed by atoms with Gasteiger partial charge in [-0.2, -0.15) is 9.03 Å². The molecular weight excluding hydrogens is 159 g/mol. The highest BCUT2D eigenvalue weighted by Crippen LogP contribution is 2.15. The van der Waals surface area contributed by atoms with E-state index in [0.29, 0.717) is 17.0 Å². The highest BCUT2D eigenvalue weighted by atomic mass is 31.1. The summed E-state index contributed by atoms with van der Waals surface area (Å²) >= 11 is 0. The first-order chi connectivity index (χ1) is 3.91.